The molecule has 0 amide bonds. The van der Waals surface area contributed by atoms with Crippen molar-refractivity contribution in [1.82, 2.24) is 0 Å². The second-order valence-electron chi connectivity index (χ2n) is 4.68. The number of hydrogen-bond acceptors (Lipinski definition) is 5. The van der Waals surface area contributed by atoms with Crippen LogP contribution in [0.5, 0.6) is 0 Å². The van der Waals surface area contributed by atoms with Crippen LogP contribution in [0.3, 0.4) is 0 Å². The minimum Gasteiger partial charge on any atom is -0.750 e. The van der Waals surface area contributed by atoms with Crippen LogP contribution in [0.2, 0.25) is 0 Å². The molecule has 0 saturated heterocycles. The first-order chi connectivity index (χ1) is 8.24. The number of hydrogen-bond donors (Lipinski definition) is 0. The summed E-state index contributed by atoms with van der Waals surface area (Å²) in [6.07, 6.45) is 0.620. The van der Waals surface area contributed by atoms with E-state index in [-0.39, 0.29) is 12.6 Å². The molecule has 0 heterocycles. The number of ether oxygens (including phenoxy) is 1. The van der Waals surface area contributed by atoms with Crippen molar-refractivity contribution in [3.8, 4) is 0 Å². The van der Waals surface area contributed by atoms with Crippen LogP contribution in [0.15, 0.2) is 12.2 Å². The summed E-state index contributed by atoms with van der Waals surface area (Å²) in [5.41, 5.74) is 0.381. The molecule has 18 heavy (non-hydrogen) atoms. The van der Waals surface area contributed by atoms with Gasteiger partial charge >= 0.3 is 5.97 Å². The van der Waals surface area contributed by atoms with Gasteiger partial charge in [-0.05, 0) is 6.92 Å². The third kappa shape index (κ3) is 9.29. The smallest absolute Gasteiger partial charge is 0.333 e. The highest BCUT2D eigenvalue weighted by Crippen LogP contribution is 2.01. The molecule has 0 spiro atoms. The van der Waals surface area contributed by atoms with Gasteiger partial charge in [0.15, 0.2) is 0 Å². The lowest BCUT2D eigenvalue weighted by Crippen LogP contribution is -2.43. The van der Waals surface area contributed by atoms with Crippen molar-refractivity contribution in [2.45, 2.75) is 13.3 Å². The fourth-order valence-corrected chi connectivity index (χ4v) is 1.49. The molecule has 0 aromatic rings. The normalized spacial score (nSPS) is 13.1. The van der Waals surface area contributed by atoms with Gasteiger partial charge in [0.25, 0.3) is 0 Å². The third-order valence-corrected chi connectivity index (χ3v) is 2.72. The molecule has 7 heteroatoms. The van der Waals surface area contributed by atoms with Gasteiger partial charge in [0.2, 0.25) is 0 Å². The molecule has 0 aliphatic rings. The van der Waals surface area contributed by atoms with Crippen LogP contribution < -0.4 is 0 Å². The minimum atomic E-state index is -2.45. The van der Waals surface area contributed by atoms with Crippen molar-refractivity contribution in [3.63, 3.8) is 0 Å². The molecule has 1 atom stereocenters. The molecule has 0 N–H and O–H groups in total. The average molecular weight is 279 g/mol. The minimum absolute atomic E-state index is 0.170. The Bertz CT molecular complexity index is 317. The van der Waals surface area contributed by atoms with E-state index in [9.17, 15) is 13.6 Å². The van der Waals surface area contributed by atoms with Gasteiger partial charge in [-0.15, -0.1) is 0 Å². The molecular weight excluding hydrogens is 258 g/mol. The van der Waals surface area contributed by atoms with Crippen LogP contribution in [0.25, 0.3) is 0 Å². The largest absolute Gasteiger partial charge is 0.750 e. The molecule has 0 aliphatic carbocycles. The van der Waals surface area contributed by atoms with Gasteiger partial charge in [0, 0.05) is 12.0 Å². The summed E-state index contributed by atoms with van der Waals surface area (Å²) in [5.74, 6) is -0.389. The molecule has 0 rings (SSSR count). The number of rotatable bonds is 9. The van der Waals surface area contributed by atoms with Gasteiger partial charge in [-0.2, -0.15) is 0 Å². The zero-order valence-electron chi connectivity index (χ0n) is 11.1. The fourth-order valence-electron chi connectivity index (χ4n) is 1.24. The topological polar surface area (TPSA) is 75.7 Å². The summed E-state index contributed by atoms with van der Waals surface area (Å²) < 4.78 is 30.3. The summed E-state index contributed by atoms with van der Waals surface area (Å²) in [7, 11) is 3.95. The van der Waals surface area contributed by atoms with Crippen molar-refractivity contribution >= 4 is 17.3 Å². The van der Waals surface area contributed by atoms with Crippen molar-refractivity contribution in [2.24, 2.45) is 0 Å². The second kappa shape index (κ2) is 8.36. The highest BCUT2D eigenvalue weighted by Gasteiger charge is 2.15. The molecule has 1 unspecified atom stereocenters. The number of nitrogens with zero attached hydrogens (tertiary/aromatic N) is 1. The monoisotopic (exact) mass is 279 g/mol. The number of likely N-dealkylation sites (N-methyl/N-ethyl adjacent to an activating group) is 1. The summed E-state index contributed by atoms with van der Waals surface area (Å²) in [5, 5.41) is 0. The van der Waals surface area contributed by atoms with E-state index in [1.54, 1.807) is 6.92 Å². The van der Waals surface area contributed by atoms with Crippen molar-refractivity contribution in [1.29, 1.82) is 0 Å². The van der Waals surface area contributed by atoms with Crippen LogP contribution in [0, 0.1) is 0 Å². The van der Waals surface area contributed by atoms with E-state index in [0.717, 1.165) is 6.54 Å². The van der Waals surface area contributed by atoms with Crippen LogP contribution >= 0.6 is 0 Å². The highest BCUT2D eigenvalue weighted by atomic mass is 32.2. The maximum atomic E-state index is 11.1. The summed E-state index contributed by atoms with van der Waals surface area (Å²) in [6, 6.07) is 0. The van der Waals surface area contributed by atoms with Gasteiger partial charge in [0.05, 0.1) is 38.6 Å². The first-order valence-electron chi connectivity index (χ1n) is 5.62. The Morgan fingerprint density at radius 3 is 2.44 bits per heavy atom. The van der Waals surface area contributed by atoms with Crippen LogP contribution in [0.1, 0.15) is 13.3 Å². The summed E-state index contributed by atoms with van der Waals surface area (Å²) in [6.45, 7) is 6.97. The van der Waals surface area contributed by atoms with E-state index in [2.05, 4.69) is 10.8 Å². The standard InChI is InChI=1S/C11H21NO5S/c1-10(2)11(13)16-9-7-12(3,4)6-5-8-17-18(14)15/h1,5-9H2,2-4H3. The molecule has 106 valence electrons. The Balaban J connectivity index is 3.76. The number of quaternary nitrogens is 1. The quantitative estimate of drug-likeness (QED) is 0.200. The SMILES string of the molecule is C=C(C)C(=O)OCC[N+](C)(C)CCCOS(=O)[O-]. The Morgan fingerprint density at radius 2 is 1.94 bits per heavy atom. The first-order valence-corrected chi connectivity index (χ1v) is 6.62. The lowest BCUT2D eigenvalue weighted by Gasteiger charge is -2.29. The molecular formula is C11H21NO5S. The maximum Gasteiger partial charge on any atom is 0.333 e. The van der Waals surface area contributed by atoms with Crippen LogP contribution in [-0.4, -0.2) is 59.6 Å². The summed E-state index contributed by atoms with van der Waals surface area (Å²) in [4.78, 5) is 11.1. The van der Waals surface area contributed by atoms with E-state index in [1.807, 2.05) is 14.1 Å². The lowest BCUT2D eigenvalue weighted by atomic mass is 10.3. The van der Waals surface area contributed by atoms with Gasteiger partial charge in [-0.3, -0.25) is 0 Å². The third-order valence-electron chi connectivity index (χ3n) is 2.37. The predicted octanol–water partition coefficient (Wildman–Crippen LogP) is 0.383. The van der Waals surface area contributed by atoms with Gasteiger partial charge in [-0.25, -0.2) is 9.00 Å². The molecule has 0 fully saturated rings. The fraction of sp³-hybridized carbons (Fsp3) is 0.727. The first kappa shape index (κ1) is 17.2. The molecule has 0 radical (unpaired) electrons. The summed E-state index contributed by atoms with van der Waals surface area (Å²) >= 11 is -2.45. The number of carbonyl (C=O) groups excluding carboxylic acids is 1. The molecule has 6 nitrogen and oxygen atoms in total. The van der Waals surface area contributed by atoms with E-state index < -0.39 is 11.4 Å². The van der Waals surface area contributed by atoms with Crippen molar-refractivity contribution in [2.75, 3.05) is 40.4 Å². The van der Waals surface area contributed by atoms with E-state index in [1.165, 1.54) is 0 Å². The van der Waals surface area contributed by atoms with E-state index in [0.29, 0.717) is 29.6 Å². The van der Waals surface area contributed by atoms with Gasteiger partial charge in [-0.1, -0.05) is 6.58 Å². The maximum absolute atomic E-state index is 11.1. The molecule has 0 aromatic carbocycles. The zero-order valence-corrected chi connectivity index (χ0v) is 12.0. The second-order valence-corrected chi connectivity index (χ2v) is 5.32. The number of esters is 1. The highest BCUT2D eigenvalue weighted by molar-refractivity contribution is 7.74. The molecule has 0 saturated carbocycles. The molecule has 0 aromatic heterocycles. The van der Waals surface area contributed by atoms with Crippen LogP contribution in [0.4, 0.5) is 0 Å². The van der Waals surface area contributed by atoms with Crippen molar-refractivity contribution < 1.29 is 27.0 Å². The molecule has 0 bridgehead atoms. The van der Waals surface area contributed by atoms with E-state index >= 15 is 0 Å². The molecule has 0 aliphatic heterocycles. The van der Waals surface area contributed by atoms with E-state index in [4.69, 9.17) is 4.74 Å². The van der Waals surface area contributed by atoms with Crippen molar-refractivity contribution in [3.05, 3.63) is 12.2 Å². The Hall–Kier alpha value is -0.760. The number of carbonyl (C=O) groups is 1. The Morgan fingerprint density at radius 1 is 1.33 bits per heavy atom. The Labute approximate surface area is 111 Å². The van der Waals surface area contributed by atoms with Gasteiger partial charge < -0.3 is 18.0 Å². The van der Waals surface area contributed by atoms with Gasteiger partial charge in [0.1, 0.15) is 13.2 Å². The van der Waals surface area contributed by atoms with Crippen LogP contribution in [-0.2, 0) is 25.1 Å². The predicted molar refractivity (Wildman–Crippen MR) is 67.1 cm³/mol. The average Bonchev–Trinajstić information content (AvgIpc) is 2.23. The lowest BCUT2D eigenvalue weighted by molar-refractivity contribution is -0.890. The Kier molecular flexibility index (Phi) is 8.01. The zero-order chi connectivity index (χ0) is 14.2.